The number of hydrogen-bond acceptors (Lipinski definition) is 3. The van der Waals surface area contributed by atoms with Gasteiger partial charge in [-0.05, 0) is 34.6 Å². The Labute approximate surface area is 127 Å². The molecule has 7 nitrogen and oxygen atoms in total. The van der Waals surface area contributed by atoms with Crippen LogP contribution < -0.4 is 21.3 Å². The molecule has 0 spiro atoms. The van der Waals surface area contributed by atoms with Gasteiger partial charge in [0.25, 0.3) is 0 Å². The number of guanidine groups is 1. The van der Waals surface area contributed by atoms with Crippen LogP contribution in [0.3, 0.4) is 0 Å². The lowest BCUT2D eigenvalue weighted by molar-refractivity contribution is -0.122. The lowest BCUT2D eigenvalue weighted by atomic mass is 10.1. The first-order valence-electron chi connectivity index (χ1n) is 7.19. The Bertz CT molecular complexity index is 372. The molecule has 7 heteroatoms. The quantitative estimate of drug-likeness (QED) is 0.409. The molecule has 0 aromatic rings. The fourth-order valence-electron chi connectivity index (χ4n) is 1.54. The summed E-state index contributed by atoms with van der Waals surface area (Å²) in [6, 6.07) is 0.135. The van der Waals surface area contributed by atoms with Gasteiger partial charge in [-0.2, -0.15) is 0 Å². The van der Waals surface area contributed by atoms with Crippen molar-refractivity contribution in [1.82, 2.24) is 21.3 Å². The van der Waals surface area contributed by atoms with Crippen molar-refractivity contribution in [1.29, 1.82) is 0 Å². The van der Waals surface area contributed by atoms with E-state index in [4.69, 9.17) is 0 Å². The average molecular weight is 299 g/mol. The Morgan fingerprint density at radius 2 is 1.71 bits per heavy atom. The van der Waals surface area contributed by atoms with E-state index in [1.807, 2.05) is 34.6 Å². The van der Waals surface area contributed by atoms with Crippen LogP contribution in [0.25, 0.3) is 0 Å². The van der Waals surface area contributed by atoms with E-state index in [1.54, 1.807) is 7.05 Å². The number of amides is 2. The molecule has 0 rings (SSSR count). The second-order valence-electron chi connectivity index (χ2n) is 6.12. The second kappa shape index (κ2) is 9.20. The summed E-state index contributed by atoms with van der Waals surface area (Å²) in [6.45, 7) is 10.2. The fraction of sp³-hybridized carbons (Fsp3) is 0.786. The molecule has 0 aromatic carbocycles. The van der Waals surface area contributed by atoms with Gasteiger partial charge in [0.2, 0.25) is 11.8 Å². The van der Waals surface area contributed by atoms with Crippen LogP contribution in [0.4, 0.5) is 0 Å². The topological polar surface area (TPSA) is 94.6 Å². The number of carbonyl (C=O) groups is 2. The van der Waals surface area contributed by atoms with Crippen LogP contribution in [0.5, 0.6) is 0 Å². The number of nitrogens with one attached hydrogen (secondary N) is 4. The number of nitrogens with zero attached hydrogens (tertiary/aromatic N) is 1. The molecule has 0 saturated carbocycles. The maximum atomic E-state index is 11.7. The SMILES string of the molecule is CN=C(NCCC(=O)NC(C)C)NCC(=O)NC(C)(C)C. The molecule has 0 aliphatic heterocycles. The first-order valence-corrected chi connectivity index (χ1v) is 7.19. The molecule has 0 radical (unpaired) electrons. The Morgan fingerprint density at radius 1 is 1.10 bits per heavy atom. The zero-order chi connectivity index (χ0) is 16.5. The van der Waals surface area contributed by atoms with Crippen molar-refractivity contribution in [3.63, 3.8) is 0 Å². The zero-order valence-electron chi connectivity index (χ0n) is 14.0. The third-order valence-corrected chi connectivity index (χ3v) is 2.25. The molecular formula is C14H29N5O2. The molecule has 0 bridgehead atoms. The minimum absolute atomic E-state index is 0.0153. The molecule has 0 aliphatic carbocycles. The van der Waals surface area contributed by atoms with Crippen molar-refractivity contribution < 1.29 is 9.59 Å². The average Bonchev–Trinajstić information content (AvgIpc) is 2.30. The molecule has 4 N–H and O–H groups in total. The van der Waals surface area contributed by atoms with E-state index >= 15 is 0 Å². The Hall–Kier alpha value is -1.79. The molecule has 0 unspecified atom stereocenters. The normalized spacial score (nSPS) is 12.0. The molecule has 122 valence electrons. The molecule has 0 saturated heterocycles. The summed E-state index contributed by atoms with van der Waals surface area (Å²) in [7, 11) is 1.62. The van der Waals surface area contributed by atoms with E-state index < -0.39 is 0 Å². The molecule has 21 heavy (non-hydrogen) atoms. The number of rotatable bonds is 6. The Balaban J connectivity index is 3.98. The van der Waals surface area contributed by atoms with Gasteiger partial charge in [0, 0.05) is 31.6 Å². The predicted octanol–water partition coefficient (Wildman–Crippen LogP) is -0.0192. The first-order chi connectivity index (χ1) is 9.64. The summed E-state index contributed by atoms with van der Waals surface area (Å²) in [5.41, 5.74) is -0.259. The lowest BCUT2D eigenvalue weighted by Gasteiger charge is -2.21. The van der Waals surface area contributed by atoms with Gasteiger partial charge in [0.15, 0.2) is 5.96 Å². The van der Waals surface area contributed by atoms with Gasteiger partial charge in [-0.15, -0.1) is 0 Å². The molecule has 0 atom stereocenters. The molecule has 0 aromatic heterocycles. The fourth-order valence-corrected chi connectivity index (χ4v) is 1.54. The van der Waals surface area contributed by atoms with E-state index in [2.05, 4.69) is 26.3 Å². The summed E-state index contributed by atoms with van der Waals surface area (Å²) in [5, 5.41) is 11.5. The standard InChI is InChI=1S/C14H29N5O2/c1-10(2)18-11(20)7-8-16-13(15-6)17-9-12(21)19-14(3,4)5/h10H,7-9H2,1-6H3,(H,18,20)(H,19,21)(H2,15,16,17). The van der Waals surface area contributed by atoms with Crippen molar-refractivity contribution in [3.05, 3.63) is 0 Å². The third kappa shape index (κ3) is 11.7. The van der Waals surface area contributed by atoms with E-state index in [0.717, 1.165) is 0 Å². The minimum Gasteiger partial charge on any atom is -0.356 e. The van der Waals surface area contributed by atoms with Gasteiger partial charge in [0.1, 0.15) is 0 Å². The van der Waals surface area contributed by atoms with Gasteiger partial charge < -0.3 is 21.3 Å². The van der Waals surface area contributed by atoms with Crippen molar-refractivity contribution in [3.8, 4) is 0 Å². The minimum atomic E-state index is -0.259. The highest BCUT2D eigenvalue weighted by atomic mass is 16.2. The highest BCUT2D eigenvalue weighted by Crippen LogP contribution is 1.97. The number of aliphatic imine (C=N–C) groups is 1. The van der Waals surface area contributed by atoms with E-state index in [1.165, 1.54) is 0 Å². The first kappa shape index (κ1) is 19.2. The van der Waals surface area contributed by atoms with Crippen LogP contribution in [0.15, 0.2) is 4.99 Å². The highest BCUT2D eigenvalue weighted by molar-refractivity contribution is 5.87. The van der Waals surface area contributed by atoms with Crippen LogP contribution in [-0.2, 0) is 9.59 Å². The Morgan fingerprint density at radius 3 is 2.19 bits per heavy atom. The number of carbonyl (C=O) groups excluding carboxylic acids is 2. The van der Waals surface area contributed by atoms with Crippen LogP contribution in [-0.4, -0.2) is 49.5 Å². The predicted molar refractivity (Wildman–Crippen MR) is 85.2 cm³/mol. The summed E-state index contributed by atoms with van der Waals surface area (Å²) in [6.07, 6.45) is 0.354. The van der Waals surface area contributed by atoms with Crippen LogP contribution in [0, 0.1) is 0 Å². The maximum absolute atomic E-state index is 11.7. The molecular weight excluding hydrogens is 270 g/mol. The van der Waals surface area contributed by atoms with Crippen molar-refractivity contribution in [2.24, 2.45) is 4.99 Å². The van der Waals surface area contributed by atoms with E-state index in [9.17, 15) is 9.59 Å². The summed E-state index contributed by atoms with van der Waals surface area (Å²) in [4.78, 5) is 27.1. The van der Waals surface area contributed by atoms with E-state index in [-0.39, 0.29) is 29.9 Å². The monoisotopic (exact) mass is 299 g/mol. The van der Waals surface area contributed by atoms with Crippen LogP contribution >= 0.6 is 0 Å². The summed E-state index contributed by atoms with van der Waals surface area (Å²) < 4.78 is 0. The van der Waals surface area contributed by atoms with Crippen molar-refractivity contribution in [2.75, 3.05) is 20.1 Å². The smallest absolute Gasteiger partial charge is 0.239 e. The summed E-state index contributed by atoms with van der Waals surface area (Å²) in [5.74, 6) is 0.373. The Kier molecular flexibility index (Phi) is 8.42. The highest BCUT2D eigenvalue weighted by Gasteiger charge is 2.13. The molecule has 0 heterocycles. The maximum Gasteiger partial charge on any atom is 0.239 e. The lowest BCUT2D eigenvalue weighted by Crippen LogP contribution is -2.48. The molecule has 2 amide bonds. The van der Waals surface area contributed by atoms with Gasteiger partial charge in [-0.3, -0.25) is 14.6 Å². The summed E-state index contributed by atoms with van der Waals surface area (Å²) >= 11 is 0. The van der Waals surface area contributed by atoms with Gasteiger partial charge >= 0.3 is 0 Å². The van der Waals surface area contributed by atoms with Gasteiger partial charge in [-0.1, -0.05) is 0 Å². The molecule has 0 fully saturated rings. The largest absolute Gasteiger partial charge is 0.356 e. The van der Waals surface area contributed by atoms with Gasteiger partial charge in [0.05, 0.1) is 6.54 Å². The third-order valence-electron chi connectivity index (χ3n) is 2.25. The van der Waals surface area contributed by atoms with E-state index in [0.29, 0.717) is 18.9 Å². The van der Waals surface area contributed by atoms with Crippen molar-refractivity contribution >= 4 is 17.8 Å². The van der Waals surface area contributed by atoms with Crippen LogP contribution in [0.1, 0.15) is 41.0 Å². The van der Waals surface area contributed by atoms with Crippen LogP contribution in [0.2, 0.25) is 0 Å². The molecule has 0 aliphatic rings. The zero-order valence-corrected chi connectivity index (χ0v) is 14.0. The van der Waals surface area contributed by atoms with Gasteiger partial charge in [-0.25, -0.2) is 0 Å². The second-order valence-corrected chi connectivity index (χ2v) is 6.12. The van der Waals surface area contributed by atoms with Crippen molar-refractivity contribution in [2.45, 2.75) is 52.6 Å². The number of hydrogen-bond donors (Lipinski definition) is 4.